The third-order valence-corrected chi connectivity index (χ3v) is 4.59. The molecule has 23 heavy (non-hydrogen) atoms. The Bertz CT molecular complexity index is 361. The van der Waals surface area contributed by atoms with Gasteiger partial charge in [-0.15, -0.1) is 12.4 Å². The Morgan fingerprint density at radius 3 is 1.74 bits per heavy atom. The normalized spacial score (nSPS) is 11.3. The maximum Gasteiger partial charge on any atom is 0.0377 e. The molecule has 0 amide bonds. The molecule has 1 nitrogen and oxygen atoms in total. The van der Waals surface area contributed by atoms with Crippen LogP contribution in [0.5, 0.6) is 0 Å². The van der Waals surface area contributed by atoms with E-state index in [2.05, 4.69) is 56.4 Å². The van der Waals surface area contributed by atoms with Crippen molar-refractivity contribution >= 4 is 12.4 Å². The maximum absolute atomic E-state index is 3.70. The molecule has 0 atom stereocenters. The molecular formula is C21H38ClN. The SMILES string of the molecule is CCCCCCCCCCCCNC(C)(C)c1ccccc1.Cl. The molecule has 0 radical (unpaired) electrons. The molecule has 0 unspecified atom stereocenters. The zero-order valence-corrected chi connectivity index (χ0v) is 16.4. The Morgan fingerprint density at radius 2 is 1.22 bits per heavy atom. The quantitative estimate of drug-likeness (QED) is 0.387. The van der Waals surface area contributed by atoms with Gasteiger partial charge >= 0.3 is 0 Å². The second kappa shape index (κ2) is 13.9. The fraction of sp³-hybridized carbons (Fsp3) is 0.714. The Labute approximate surface area is 151 Å². The van der Waals surface area contributed by atoms with Gasteiger partial charge in [0.2, 0.25) is 0 Å². The van der Waals surface area contributed by atoms with E-state index in [-0.39, 0.29) is 17.9 Å². The zero-order chi connectivity index (χ0) is 16.1. The van der Waals surface area contributed by atoms with Crippen LogP contribution in [0.3, 0.4) is 0 Å². The van der Waals surface area contributed by atoms with Crippen LogP contribution in [0.15, 0.2) is 30.3 Å². The van der Waals surface area contributed by atoms with Crippen molar-refractivity contribution in [2.45, 2.75) is 90.5 Å². The van der Waals surface area contributed by atoms with Crippen molar-refractivity contribution in [1.29, 1.82) is 0 Å². The van der Waals surface area contributed by atoms with Gasteiger partial charge in [-0.05, 0) is 32.4 Å². The summed E-state index contributed by atoms with van der Waals surface area (Å²) in [6.07, 6.45) is 14.0. The highest BCUT2D eigenvalue weighted by Gasteiger charge is 2.18. The number of nitrogens with one attached hydrogen (secondary N) is 1. The minimum Gasteiger partial charge on any atom is -0.308 e. The van der Waals surface area contributed by atoms with Crippen molar-refractivity contribution < 1.29 is 0 Å². The second-order valence-electron chi connectivity index (χ2n) is 7.10. The Hall–Kier alpha value is -0.530. The van der Waals surface area contributed by atoms with Gasteiger partial charge in [-0.3, -0.25) is 0 Å². The van der Waals surface area contributed by atoms with E-state index < -0.39 is 0 Å². The van der Waals surface area contributed by atoms with Crippen LogP contribution in [0.25, 0.3) is 0 Å². The number of hydrogen-bond acceptors (Lipinski definition) is 1. The van der Waals surface area contributed by atoms with Crippen LogP contribution in [-0.2, 0) is 5.54 Å². The van der Waals surface area contributed by atoms with Crippen LogP contribution in [0, 0.1) is 0 Å². The summed E-state index contributed by atoms with van der Waals surface area (Å²) in [4.78, 5) is 0. The minimum absolute atomic E-state index is 0. The lowest BCUT2D eigenvalue weighted by Crippen LogP contribution is -2.37. The lowest BCUT2D eigenvalue weighted by atomic mass is 9.94. The van der Waals surface area contributed by atoms with E-state index in [1.807, 2.05) is 0 Å². The highest BCUT2D eigenvalue weighted by atomic mass is 35.5. The predicted octanol–water partition coefficient (Wildman–Crippen LogP) is 6.85. The Balaban J connectivity index is 0.00000484. The number of benzene rings is 1. The van der Waals surface area contributed by atoms with Crippen LogP contribution < -0.4 is 5.32 Å². The standard InChI is InChI=1S/C21H37N.ClH/c1-4-5-6-7-8-9-10-11-12-16-19-22-21(2,3)20-17-14-13-15-18-20;/h13-15,17-18,22H,4-12,16,19H2,1-3H3;1H. The summed E-state index contributed by atoms with van der Waals surface area (Å²) in [6.45, 7) is 7.96. The molecule has 0 aliphatic heterocycles. The summed E-state index contributed by atoms with van der Waals surface area (Å²) in [5.74, 6) is 0. The molecule has 0 aromatic heterocycles. The molecule has 1 aromatic carbocycles. The molecule has 1 aromatic rings. The fourth-order valence-corrected chi connectivity index (χ4v) is 2.97. The van der Waals surface area contributed by atoms with Gasteiger partial charge in [0.15, 0.2) is 0 Å². The molecule has 0 aliphatic rings. The first-order valence-corrected chi connectivity index (χ1v) is 9.47. The van der Waals surface area contributed by atoms with E-state index in [9.17, 15) is 0 Å². The Kier molecular flexibility index (Phi) is 13.5. The number of rotatable bonds is 13. The third-order valence-electron chi connectivity index (χ3n) is 4.59. The van der Waals surface area contributed by atoms with Gasteiger partial charge < -0.3 is 5.32 Å². The number of unbranched alkanes of at least 4 members (excludes halogenated alkanes) is 9. The van der Waals surface area contributed by atoms with Crippen molar-refractivity contribution in [3.05, 3.63) is 35.9 Å². The van der Waals surface area contributed by atoms with Gasteiger partial charge in [0, 0.05) is 5.54 Å². The number of hydrogen-bond donors (Lipinski definition) is 1. The van der Waals surface area contributed by atoms with Gasteiger partial charge in [-0.25, -0.2) is 0 Å². The fourth-order valence-electron chi connectivity index (χ4n) is 2.97. The molecule has 2 heteroatoms. The van der Waals surface area contributed by atoms with Gasteiger partial charge in [0.05, 0.1) is 0 Å². The lowest BCUT2D eigenvalue weighted by Gasteiger charge is -2.27. The van der Waals surface area contributed by atoms with Crippen molar-refractivity contribution in [1.82, 2.24) is 5.32 Å². The predicted molar refractivity (Wildman–Crippen MR) is 107 cm³/mol. The summed E-state index contributed by atoms with van der Waals surface area (Å²) in [5, 5.41) is 3.70. The van der Waals surface area contributed by atoms with E-state index in [4.69, 9.17) is 0 Å². The highest BCUT2D eigenvalue weighted by Crippen LogP contribution is 2.19. The summed E-state index contributed by atoms with van der Waals surface area (Å²) < 4.78 is 0. The van der Waals surface area contributed by atoms with Gasteiger partial charge in [0.25, 0.3) is 0 Å². The molecule has 1 N–H and O–H groups in total. The molecule has 0 fully saturated rings. The first-order chi connectivity index (χ1) is 10.7. The highest BCUT2D eigenvalue weighted by molar-refractivity contribution is 5.85. The van der Waals surface area contributed by atoms with Gasteiger partial charge in [-0.1, -0.05) is 95.0 Å². The molecule has 0 saturated heterocycles. The van der Waals surface area contributed by atoms with Crippen LogP contribution >= 0.6 is 12.4 Å². The number of halogens is 1. The monoisotopic (exact) mass is 339 g/mol. The van der Waals surface area contributed by atoms with Crippen molar-refractivity contribution in [3.63, 3.8) is 0 Å². The average Bonchev–Trinajstić information content (AvgIpc) is 2.53. The Morgan fingerprint density at radius 1 is 0.739 bits per heavy atom. The van der Waals surface area contributed by atoms with E-state index >= 15 is 0 Å². The van der Waals surface area contributed by atoms with E-state index in [0.717, 1.165) is 6.54 Å². The average molecular weight is 340 g/mol. The zero-order valence-electron chi connectivity index (χ0n) is 15.6. The van der Waals surface area contributed by atoms with Crippen LogP contribution in [-0.4, -0.2) is 6.54 Å². The van der Waals surface area contributed by atoms with Crippen molar-refractivity contribution in [2.75, 3.05) is 6.54 Å². The second-order valence-corrected chi connectivity index (χ2v) is 7.10. The largest absolute Gasteiger partial charge is 0.308 e. The van der Waals surface area contributed by atoms with Gasteiger partial charge in [0.1, 0.15) is 0 Å². The van der Waals surface area contributed by atoms with Crippen LogP contribution in [0.4, 0.5) is 0 Å². The molecule has 134 valence electrons. The van der Waals surface area contributed by atoms with E-state index in [0.29, 0.717) is 0 Å². The maximum atomic E-state index is 3.70. The first kappa shape index (κ1) is 22.5. The smallest absolute Gasteiger partial charge is 0.0377 e. The summed E-state index contributed by atoms with van der Waals surface area (Å²) in [7, 11) is 0. The molecule has 0 heterocycles. The summed E-state index contributed by atoms with van der Waals surface area (Å²) in [6, 6.07) is 10.8. The molecule has 1 rings (SSSR count). The van der Waals surface area contributed by atoms with Crippen LogP contribution in [0.2, 0.25) is 0 Å². The van der Waals surface area contributed by atoms with E-state index in [1.165, 1.54) is 69.8 Å². The molecule has 0 aliphatic carbocycles. The first-order valence-electron chi connectivity index (χ1n) is 9.47. The molecule has 0 spiro atoms. The molecule has 0 saturated carbocycles. The van der Waals surface area contributed by atoms with Gasteiger partial charge in [-0.2, -0.15) is 0 Å². The molecule has 0 bridgehead atoms. The third kappa shape index (κ3) is 10.8. The summed E-state index contributed by atoms with van der Waals surface area (Å²) in [5.41, 5.74) is 1.46. The van der Waals surface area contributed by atoms with Crippen molar-refractivity contribution in [3.8, 4) is 0 Å². The lowest BCUT2D eigenvalue weighted by molar-refractivity contribution is 0.394. The minimum atomic E-state index is 0. The van der Waals surface area contributed by atoms with E-state index in [1.54, 1.807) is 0 Å². The van der Waals surface area contributed by atoms with Crippen LogP contribution in [0.1, 0.15) is 90.5 Å². The topological polar surface area (TPSA) is 12.0 Å². The molecular weight excluding hydrogens is 302 g/mol. The van der Waals surface area contributed by atoms with Crippen molar-refractivity contribution in [2.24, 2.45) is 0 Å². The summed E-state index contributed by atoms with van der Waals surface area (Å²) >= 11 is 0.